The highest BCUT2D eigenvalue weighted by atomic mass is 32.2. The number of benzene rings is 1. The fourth-order valence-electron chi connectivity index (χ4n) is 2.66. The predicted molar refractivity (Wildman–Crippen MR) is 105 cm³/mol. The topological polar surface area (TPSA) is 83.0 Å². The highest BCUT2D eigenvalue weighted by Crippen LogP contribution is 2.33. The summed E-state index contributed by atoms with van der Waals surface area (Å²) in [7, 11) is 0. The van der Waals surface area contributed by atoms with Crippen molar-refractivity contribution in [2.45, 2.75) is 57.2 Å². The summed E-state index contributed by atoms with van der Waals surface area (Å²) in [6, 6.07) is 7.41. The summed E-state index contributed by atoms with van der Waals surface area (Å²) in [5.74, 6) is 1.11. The van der Waals surface area contributed by atoms with Crippen molar-refractivity contribution in [2.75, 3.05) is 6.61 Å². The number of fused-ring (bicyclic) bond motifs is 1. The maximum absolute atomic E-state index is 13.0. The van der Waals surface area contributed by atoms with Crippen molar-refractivity contribution in [3.63, 3.8) is 0 Å². The lowest BCUT2D eigenvalue weighted by molar-refractivity contribution is 0.0743. The Hall–Kier alpha value is -2.19. The second-order valence-electron chi connectivity index (χ2n) is 6.58. The Morgan fingerprint density at radius 2 is 2.00 bits per heavy atom. The smallest absolute Gasteiger partial charge is 0.262 e. The normalized spacial score (nSPS) is 12.8. The molecule has 0 amide bonds. The Morgan fingerprint density at radius 1 is 1.22 bits per heavy atom. The lowest BCUT2D eigenvalue weighted by atomic mass is 10.2. The van der Waals surface area contributed by atoms with Crippen molar-refractivity contribution >= 4 is 22.7 Å². The molecule has 2 heterocycles. The largest absolute Gasteiger partial charge is 0.379 e. The van der Waals surface area contributed by atoms with Gasteiger partial charge in [-0.2, -0.15) is 4.98 Å². The maximum Gasteiger partial charge on any atom is 0.262 e. The molecule has 2 aromatic heterocycles. The fourth-order valence-corrected chi connectivity index (χ4v) is 3.63. The summed E-state index contributed by atoms with van der Waals surface area (Å²) in [5.41, 5.74) is 0.648. The first-order valence-electron chi connectivity index (χ1n) is 9.03. The van der Waals surface area contributed by atoms with Crippen LogP contribution < -0.4 is 5.56 Å². The molecule has 1 unspecified atom stereocenters. The third-order valence-corrected chi connectivity index (χ3v) is 5.05. The molecule has 0 aliphatic rings. The van der Waals surface area contributed by atoms with Crippen LogP contribution >= 0.6 is 11.8 Å². The zero-order chi connectivity index (χ0) is 19.4. The number of hydrogen-bond donors (Lipinski definition) is 0. The van der Waals surface area contributed by atoms with Crippen LogP contribution in [0.3, 0.4) is 0 Å². The van der Waals surface area contributed by atoms with Crippen LogP contribution in [0.1, 0.15) is 44.2 Å². The summed E-state index contributed by atoms with van der Waals surface area (Å²) < 4.78 is 12.6. The Kier molecular flexibility index (Phi) is 6.28. The van der Waals surface area contributed by atoms with Gasteiger partial charge < -0.3 is 9.26 Å². The molecule has 0 aliphatic carbocycles. The van der Waals surface area contributed by atoms with Crippen LogP contribution in [0.4, 0.5) is 0 Å². The molecule has 0 saturated heterocycles. The average molecular weight is 388 g/mol. The second-order valence-corrected chi connectivity index (χ2v) is 7.89. The van der Waals surface area contributed by atoms with Crippen LogP contribution in [0.25, 0.3) is 10.9 Å². The van der Waals surface area contributed by atoms with Crippen LogP contribution in [0, 0.1) is 6.92 Å². The van der Waals surface area contributed by atoms with E-state index < -0.39 is 0 Å². The molecule has 3 rings (SSSR count). The van der Waals surface area contributed by atoms with Gasteiger partial charge in [-0.3, -0.25) is 9.36 Å². The molecule has 3 aromatic rings. The molecular formula is C19H24N4O3S. The number of thioether (sulfide) groups is 1. The van der Waals surface area contributed by atoms with Gasteiger partial charge in [0.2, 0.25) is 5.89 Å². The number of ether oxygens (including phenoxy) is 1. The summed E-state index contributed by atoms with van der Waals surface area (Å²) in [5, 5.41) is 4.99. The van der Waals surface area contributed by atoms with E-state index in [9.17, 15) is 4.79 Å². The number of aryl methyl sites for hydroxylation is 1. The molecule has 1 atom stereocenters. The monoisotopic (exact) mass is 388 g/mol. The number of hydrogen-bond acceptors (Lipinski definition) is 7. The Labute approximate surface area is 162 Å². The number of nitrogens with zero attached hydrogens (tertiary/aromatic N) is 4. The molecular weight excluding hydrogens is 364 g/mol. The number of para-hydroxylation sites is 1. The van der Waals surface area contributed by atoms with Crippen LogP contribution in [0.2, 0.25) is 0 Å². The third-order valence-electron chi connectivity index (χ3n) is 3.98. The van der Waals surface area contributed by atoms with Crippen molar-refractivity contribution in [2.24, 2.45) is 0 Å². The van der Waals surface area contributed by atoms with E-state index in [0.717, 1.165) is 6.42 Å². The number of aromatic nitrogens is 4. The zero-order valence-corrected chi connectivity index (χ0v) is 16.8. The first-order chi connectivity index (χ1) is 13.0. The first kappa shape index (κ1) is 19.6. The van der Waals surface area contributed by atoms with E-state index in [0.29, 0.717) is 40.9 Å². The van der Waals surface area contributed by atoms with E-state index >= 15 is 0 Å². The Morgan fingerprint density at radius 3 is 2.70 bits per heavy atom. The average Bonchev–Trinajstić information content (AvgIpc) is 3.07. The van der Waals surface area contributed by atoms with Crippen molar-refractivity contribution in [1.82, 2.24) is 19.7 Å². The molecule has 0 fully saturated rings. The van der Waals surface area contributed by atoms with E-state index in [2.05, 4.69) is 10.1 Å². The summed E-state index contributed by atoms with van der Waals surface area (Å²) >= 11 is 1.44. The molecule has 144 valence electrons. The van der Waals surface area contributed by atoms with E-state index in [1.54, 1.807) is 11.5 Å². The van der Waals surface area contributed by atoms with Gasteiger partial charge in [-0.05, 0) is 46.2 Å². The van der Waals surface area contributed by atoms with Gasteiger partial charge in [0.1, 0.15) is 0 Å². The predicted octanol–water partition coefficient (Wildman–Crippen LogP) is 3.76. The van der Waals surface area contributed by atoms with E-state index in [4.69, 9.17) is 14.2 Å². The van der Waals surface area contributed by atoms with Gasteiger partial charge in [0.15, 0.2) is 11.0 Å². The van der Waals surface area contributed by atoms with Gasteiger partial charge in [-0.25, -0.2) is 4.98 Å². The molecule has 0 bridgehead atoms. The fraction of sp³-hybridized carbons (Fsp3) is 0.474. The minimum atomic E-state index is -0.113. The van der Waals surface area contributed by atoms with Crippen LogP contribution in [0.15, 0.2) is 38.7 Å². The van der Waals surface area contributed by atoms with Gasteiger partial charge in [0.25, 0.3) is 5.56 Å². The molecule has 27 heavy (non-hydrogen) atoms. The molecule has 0 N–H and O–H groups in total. The van der Waals surface area contributed by atoms with Crippen LogP contribution in [-0.4, -0.2) is 32.4 Å². The summed E-state index contributed by atoms with van der Waals surface area (Å²) in [6.07, 6.45) is 0.908. The molecule has 0 radical (unpaired) electrons. The van der Waals surface area contributed by atoms with Gasteiger partial charge in [0.05, 0.1) is 22.3 Å². The van der Waals surface area contributed by atoms with Gasteiger partial charge in [-0.15, -0.1) is 0 Å². The van der Waals surface area contributed by atoms with Crippen molar-refractivity contribution in [1.29, 1.82) is 0 Å². The first-order valence-corrected chi connectivity index (χ1v) is 9.91. The molecule has 7 nitrogen and oxygen atoms in total. The standard InChI is InChI=1S/C19H24N4O3S/c1-12(2)25-11-7-10-23-18(24)15-8-5-6-9-16(15)21-19(23)27-13(3)17-20-14(4)22-26-17/h5-6,8-9,12-13H,7,10-11H2,1-4H3. The highest BCUT2D eigenvalue weighted by molar-refractivity contribution is 7.99. The van der Waals surface area contributed by atoms with Crippen LogP contribution in [-0.2, 0) is 11.3 Å². The highest BCUT2D eigenvalue weighted by Gasteiger charge is 2.19. The third kappa shape index (κ3) is 4.75. The number of rotatable bonds is 8. The van der Waals surface area contributed by atoms with Crippen LogP contribution in [0.5, 0.6) is 0 Å². The van der Waals surface area contributed by atoms with E-state index in [1.807, 2.05) is 45.0 Å². The molecule has 0 aliphatic heterocycles. The summed E-state index contributed by atoms with van der Waals surface area (Å²) in [4.78, 5) is 22.0. The minimum Gasteiger partial charge on any atom is -0.379 e. The van der Waals surface area contributed by atoms with Crippen molar-refractivity contribution < 1.29 is 9.26 Å². The Bertz CT molecular complexity index is 967. The summed E-state index contributed by atoms with van der Waals surface area (Å²) in [6.45, 7) is 8.88. The van der Waals surface area contributed by atoms with E-state index in [-0.39, 0.29) is 16.9 Å². The second kappa shape index (κ2) is 8.67. The van der Waals surface area contributed by atoms with Gasteiger partial charge in [-0.1, -0.05) is 29.1 Å². The maximum atomic E-state index is 13.0. The van der Waals surface area contributed by atoms with Gasteiger partial charge in [0, 0.05) is 13.2 Å². The molecule has 0 saturated carbocycles. The minimum absolute atomic E-state index is 0.0402. The SMILES string of the molecule is Cc1noc(C(C)Sc2nc3ccccc3c(=O)n2CCCOC(C)C)n1. The molecule has 8 heteroatoms. The lowest BCUT2D eigenvalue weighted by Crippen LogP contribution is -2.24. The molecule has 0 spiro atoms. The van der Waals surface area contributed by atoms with Crippen molar-refractivity contribution in [3.8, 4) is 0 Å². The zero-order valence-electron chi connectivity index (χ0n) is 16.0. The molecule has 1 aromatic carbocycles. The lowest BCUT2D eigenvalue weighted by Gasteiger charge is -2.15. The van der Waals surface area contributed by atoms with Crippen molar-refractivity contribution in [3.05, 3.63) is 46.3 Å². The van der Waals surface area contributed by atoms with Gasteiger partial charge >= 0.3 is 0 Å². The quantitative estimate of drug-likeness (QED) is 0.330. The Balaban J connectivity index is 1.91. The van der Waals surface area contributed by atoms with E-state index in [1.165, 1.54) is 11.8 Å².